The summed E-state index contributed by atoms with van der Waals surface area (Å²) >= 11 is 0. The maximum absolute atomic E-state index is 11.9. The van der Waals surface area contributed by atoms with Crippen LogP contribution in [0.2, 0.25) is 0 Å². The topological polar surface area (TPSA) is 67.4 Å². The average molecular weight is 367 g/mol. The van der Waals surface area contributed by atoms with E-state index in [1.165, 1.54) is 11.0 Å². The Morgan fingerprint density at radius 2 is 1.93 bits per heavy atom. The molecule has 0 saturated carbocycles. The summed E-state index contributed by atoms with van der Waals surface area (Å²) in [5.41, 5.74) is 2.14. The number of piperazine rings is 1. The predicted molar refractivity (Wildman–Crippen MR) is 104 cm³/mol. The third-order valence-electron chi connectivity index (χ3n) is 5.15. The van der Waals surface area contributed by atoms with E-state index in [0.29, 0.717) is 5.58 Å². The summed E-state index contributed by atoms with van der Waals surface area (Å²) in [6.07, 6.45) is 0. The van der Waals surface area contributed by atoms with Gasteiger partial charge in [-0.05, 0) is 24.3 Å². The molecular weight excluding hydrogens is 344 g/mol. The molecule has 2 aromatic carbocycles. The quantitative estimate of drug-likeness (QED) is 0.683. The van der Waals surface area contributed by atoms with E-state index in [9.17, 15) is 9.90 Å². The van der Waals surface area contributed by atoms with Gasteiger partial charge < -0.3 is 24.1 Å². The van der Waals surface area contributed by atoms with Crippen LogP contribution < -0.4 is 20.2 Å². The molecular formula is C21H23N2O4+. The molecule has 3 aromatic rings. The summed E-state index contributed by atoms with van der Waals surface area (Å²) in [6.45, 7) is 4.55. The second kappa shape index (κ2) is 7.32. The van der Waals surface area contributed by atoms with E-state index in [2.05, 4.69) is 11.0 Å². The molecule has 1 saturated heterocycles. The molecule has 0 bridgehead atoms. The summed E-state index contributed by atoms with van der Waals surface area (Å²) in [5, 5.41) is 10.5. The van der Waals surface area contributed by atoms with Crippen molar-refractivity contribution in [3.05, 3.63) is 64.5 Å². The number of nitrogens with one attached hydrogen (secondary N) is 1. The van der Waals surface area contributed by atoms with Crippen LogP contribution in [-0.4, -0.2) is 38.4 Å². The van der Waals surface area contributed by atoms with Gasteiger partial charge in [-0.15, -0.1) is 0 Å². The summed E-state index contributed by atoms with van der Waals surface area (Å²) < 4.78 is 10.7. The van der Waals surface area contributed by atoms with E-state index in [4.69, 9.17) is 9.15 Å². The molecule has 1 aromatic heterocycles. The monoisotopic (exact) mass is 367 g/mol. The van der Waals surface area contributed by atoms with Gasteiger partial charge in [-0.25, -0.2) is 4.79 Å². The Morgan fingerprint density at radius 1 is 1.15 bits per heavy atom. The van der Waals surface area contributed by atoms with Gasteiger partial charge in [0.25, 0.3) is 0 Å². The van der Waals surface area contributed by atoms with E-state index in [-0.39, 0.29) is 11.4 Å². The van der Waals surface area contributed by atoms with Crippen molar-refractivity contribution in [3.8, 4) is 11.5 Å². The Balaban J connectivity index is 1.50. The van der Waals surface area contributed by atoms with Crippen molar-refractivity contribution in [2.75, 3.05) is 38.2 Å². The summed E-state index contributed by atoms with van der Waals surface area (Å²) in [5.74, 6) is 0.994. The molecule has 1 aliphatic rings. The first-order chi connectivity index (χ1) is 13.1. The lowest BCUT2D eigenvalue weighted by molar-refractivity contribution is -0.914. The number of quaternary nitrogens is 1. The third-order valence-corrected chi connectivity index (χ3v) is 5.15. The maximum atomic E-state index is 11.9. The highest BCUT2D eigenvalue weighted by atomic mass is 16.5. The first-order valence-corrected chi connectivity index (χ1v) is 9.11. The van der Waals surface area contributed by atoms with Gasteiger partial charge in [-0.2, -0.15) is 0 Å². The standard InChI is InChI=1S/C21H22N2O4/c1-26-19-5-3-2-4-18(19)23-10-8-22(9-11-23)14-15-12-21(25)27-20-13-16(24)6-7-17(15)20/h2-7,12-13,24H,8-11,14H2,1H3/p+1. The van der Waals surface area contributed by atoms with Crippen LogP contribution in [0, 0.1) is 0 Å². The highest BCUT2D eigenvalue weighted by Gasteiger charge is 2.23. The molecule has 6 nitrogen and oxygen atoms in total. The molecule has 27 heavy (non-hydrogen) atoms. The number of ether oxygens (including phenoxy) is 1. The Labute approximate surface area is 157 Å². The van der Waals surface area contributed by atoms with E-state index in [1.54, 1.807) is 19.2 Å². The lowest BCUT2D eigenvalue weighted by Crippen LogP contribution is -3.13. The van der Waals surface area contributed by atoms with Crippen LogP contribution in [0.15, 0.2) is 57.7 Å². The van der Waals surface area contributed by atoms with E-state index < -0.39 is 0 Å². The van der Waals surface area contributed by atoms with Crippen molar-refractivity contribution in [2.24, 2.45) is 0 Å². The number of phenols is 1. The number of anilines is 1. The number of aromatic hydroxyl groups is 1. The van der Waals surface area contributed by atoms with Crippen LogP contribution in [0.1, 0.15) is 5.56 Å². The van der Waals surface area contributed by atoms with Crippen molar-refractivity contribution in [1.82, 2.24) is 0 Å². The predicted octanol–water partition coefficient (Wildman–Crippen LogP) is 1.41. The number of benzene rings is 2. The smallest absolute Gasteiger partial charge is 0.336 e. The second-order valence-corrected chi connectivity index (χ2v) is 6.86. The fraction of sp³-hybridized carbons (Fsp3) is 0.286. The zero-order valence-corrected chi connectivity index (χ0v) is 15.3. The fourth-order valence-electron chi connectivity index (χ4n) is 3.77. The van der Waals surface area contributed by atoms with Crippen molar-refractivity contribution < 1.29 is 19.2 Å². The molecule has 0 radical (unpaired) electrons. The van der Waals surface area contributed by atoms with Crippen LogP contribution in [0.4, 0.5) is 5.69 Å². The average Bonchev–Trinajstić information content (AvgIpc) is 2.68. The van der Waals surface area contributed by atoms with Crippen LogP contribution >= 0.6 is 0 Å². The Hall–Kier alpha value is -2.99. The minimum atomic E-state index is -0.379. The summed E-state index contributed by atoms with van der Waals surface area (Å²) in [7, 11) is 1.70. The van der Waals surface area contributed by atoms with Gasteiger partial charge >= 0.3 is 5.63 Å². The number of nitrogens with zero attached hydrogens (tertiary/aromatic N) is 1. The van der Waals surface area contributed by atoms with Gasteiger partial charge in [0.1, 0.15) is 23.6 Å². The number of hydrogen-bond donors (Lipinski definition) is 2. The van der Waals surface area contributed by atoms with Crippen molar-refractivity contribution in [1.29, 1.82) is 0 Å². The molecule has 0 amide bonds. The molecule has 0 atom stereocenters. The molecule has 2 N–H and O–H groups in total. The van der Waals surface area contributed by atoms with E-state index >= 15 is 0 Å². The van der Waals surface area contributed by atoms with Crippen molar-refractivity contribution >= 4 is 16.7 Å². The first-order valence-electron chi connectivity index (χ1n) is 9.11. The van der Waals surface area contributed by atoms with Gasteiger partial charge in [0.05, 0.1) is 39.0 Å². The van der Waals surface area contributed by atoms with Crippen molar-refractivity contribution in [2.45, 2.75) is 6.54 Å². The lowest BCUT2D eigenvalue weighted by Gasteiger charge is -2.34. The summed E-state index contributed by atoms with van der Waals surface area (Å²) in [4.78, 5) is 15.6. The normalized spacial score (nSPS) is 15.2. The molecule has 6 heteroatoms. The lowest BCUT2D eigenvalue weighted by atomic mass is 10.1. The first kappa shape index (κ1) is 17.4. The highest BCUT2D eigenvalue weighted by molar-refractivity contribution is 5.81. The number of phenolic OH excluding ortho intramolecular Hbond substituents is 1. The number of rotatable bonds is 4. The zero-order valence-electron chi connectivity index (χ0n) is 15.3. The van der Waals surface area contributed by atoms with Crippen LogP contribution in [0.3, 0.4) is 0 Å². The highest BCUT2D eigenvalue weighted by Crippen LogP contribution is 2.27. The largest absolute Gasteiger partial charge is 0.508 e. The molecule has 140 valence electrons. The number of fused-ring (bicyclic) bond motifs is 1. The Bertz CT molecular complexity index is 1010. The molecule has 2 heterocycles. The van der Waals surface area contributed by atoms with Crippen LogP contribution in [0.25, 0.3) is 11.0 Å². The minimum Gasteiger partial charge on any atom is -0.508 e. The number of hydrogen-bond acceptors (Lipinski definition) is 5. The van der Waals surface area contributed by atoms with Crippen molar-refractivity contribution in [3.63, 3.8) is 0 Å². The second-order valence-electron chi connectivity index (χ2n) is 6.86. The Kier molecular flexibility index (Phi) is 4.73. The molecule has 0 aliphatic carbocycles. The zero-order chi connectivity index (χ0) is 18.8. The van der Waals surface area contributed by atoms with E-state index in [0.717, 1.165) is 55.1 Å². The maximum Gasteiger partial charge on any atom is 0.336 e. The van der Waals surface area contributed by atoms with Gasteiger partial charge in [-0.3, -0.25) is 0 Å². The molecule has 4 rings (SSSR count). The minimum absolute atomic E-state index is 0.0977. The van der Waals surface area contributed by atoms with Crippen LogP contribution in [0.5, 0.6) is 11.5 Å². The van der Waals surface area contributed by atoms with Gasteiger partial charge in [-0.1, -0.05) is 12.1 Å². The van der Waals surface area contributed by atoms with Gasteiger partial charge in [0.15, 0.2) is 0 Å². The fourth-order valence-corrected chi connectivity index (χ4v) is 3.77. The van der Waals surface area contributed by atoms with Crippen LogP contribution in [-0.2, 0) is 6.54 Å². The Morgan fingerprint density at radius 3 is 2.70 bits per heavy atom. The van der Waals surface area contributed by atoms with Gasteiger partial charge in [0.2, 0.25) is 0 Å². The molecule has 0 spiro atoms. The number of methoxy groups -OCH3 is 1. The van der Waals surface area contributed by atoms with E-state index in [1.807, 2.05) is 24.3 Å². The van der Waals surface area contributed by atoms with Gasteiger partial charge in [0, 0.05) is 23.1 Å². The number of para-hydroxylation sites is 2. The molecule has 1 aliphatic heterocycles. The summed E-state index contributed by atoms with van der Waals surface area (Å²) in [6, 6.07) is 14.6. The SMILES string of the molecule is COc1ccccc1N1CC[NH+](Cc2cc(=O)oc3cc(O)ccc23)CC1. The molecule has 0 unspecified atom stereocenters. The third kappa shape index (κ3) is 3.61. The molecule has 1 fully saturated rings.